The van der Waals surface area contributed by atoms with Crippen LogP contribution in [0.5, 0.6) is 0 Å². The van der Waals surface area contributed by atoms with Gasteiger partial charge < -0.3 is 9.52 Å². The number of pyridine rings is 1. The zero-order valence-corrected chi connectivity index (χ0v) is 11.1. The molecule has 0 saturated heterocycles. The molecule has 2 aromatic heterocycles. The first-order valence-corrected chi connectivity index (χ1v) is 7.06. The Morgan fingerprint density at radius 2 is 2.21 bits per heavy atom. The molecule has 2 rings (SSSR count). The molecule has 0 aliphatic rings. The molecule has 2 N–H and O–H groups in total. The van der Waals surface area contributed by atoms with E-state index in [9.17, 15) is 13.5 Å². The fourth-order valence-electron chi connectivity index (χ4n) is 1.50. The van der Waals surface area contributed by atoms with Gasteiger partial charge in [0.1, 0.15) is 16.3 Å². The molecule has 19 heavy (non-hydrogen) atoms. The smallest absolute Gasteiger partial charge is 0.242 e. The second-order valence-electron chi connectivity index (χ2n) is 4.26. The number of hydrogen-bond donors (Lipinski definition) is 2. The second kappa shape index (κ2) is 5.12. The number of hydrogen-bond acceptors (Lipinski definition) is 5. The minimum Gasteiger partial charge on any atom is -0.466 e. The number of furan rings is 1. The summed E-state index contributed by atoms with van der Waals surface area (Å²) in [6.45, 7) is 1.27. The van der Waals surface area contributed by atoms with Crippen molar-refractivity contribution in [1.82, 2.24) is 9.71 Å². The third kappa shape index (κ3) is 3.19. The minimum atomic E-state index is -3.70. The Hall–Kier alpha value is -1.70. The monoisotopic (exact) mass is 282 g/mol. The maximum Gasteiger partial charge on any atom is 0.242 e. The Bertz CT molecular complexity index is 621. The lowest BCUT2D eigenvalue weighted by Crippen LogP contribution is -2.38. The standard InChI is InChI=1S/C12H14N2O4S/c1-12(15,11-5-3-7-18-11)9-14-19(16,17)10-4-2-6-13-8-10/h2-8,14-15H,9H2,1H3. The van der Waals surface area contributed by atoms with Gasteiger partial charge in [-0.05, 0) is 31.2 Å². The summed E-state index contributed by atoms with van der Waals surface area (Å²) in [4.78, 5) is 3.79. The highest BCUT2D eigenvalue weighted by molar-refractivity contribution is 7.89. The van der Waals surface area contributed by atoms with Crippen molar-refractivity contribution in [2.24, 2.45) is 0 Å². The first-order chi connectivity index (χ1) is 8.92. The summed E-state index contributed by atoms with van der Waals surface area (Å²) >= 11 is 0. The summed E-state index contributed by atoms with van der Waals surface area (Å²) in [6, 6.07) is 6.16. The van der Waals surface area contributed by atoms with E-state index in [1.807, 2.05) is 0 Å². The summed E-state index contributed by atoms with van der Waals surface area (Å²) in [5, 5.41) is 10.1. The molecule has 0 fully saturated rings. The van der Waals surface area contributed by atoms with E-state index in [0.717, 1.165) is 0 Å². The average molecular weight is 282 g/mol. The lowest BCUT2D eigenvalue weighted by atomic mass is 10.1. The molecule has 1 unspecified atom stereocenters. The molecule has 0 aliphatic carbocycles. The highest BCUT2D eigenvalue weighted by Crippen LogP contribution is 2.20. The summed E-state index contributed by atoms with van der Waals surface area (Å²) in [6.07, 6.45) is 4.14. The van der Waals surface area contributed by atoms with Crippen LogP contribution < -0.4 is 4.72 Å². The van der Waals surface area contributed by atoms with Crippen LogP contribution in [-0.2, 0) is 15.6 Å². The number of nitrogens with zero attached hydrogens (tertiary/aromatic N) is 1. The topological polar surface area (TPSA) is 92.4 Å². The van der Waals surface area contributed by atoms with E-state index in [2.05, 4.69) is 9.71 Å². The highest BCUT2D eigenvalue weighted by Gasteiger charge is 2.28. The van der Waals surface area contributed by atoms with Crippen LogP contribution in [0.1, 0.15) is 12.7 Å². The van der Waals surface area contributed by atoms with Gasteiger partial charge in [0.05, 0.1) is 6.26 Å². The van der Waals surface area contributed by atoms with Gasteiger partial charge in [-0.25, -0.2) is 13.1 Å². The molecular weight excluding hydrogens is 268 g/mol. The largest absolute Gasteiger partial charge is 0.466 e. The van der Waals surface area contributed by atoms with E-state index < -0.39 is 15.6 Å². The number of rotatable bonds is 5. The van der Waals surface area contributed by atoms with Gasteiger partial charge in [0.25, 0.3) is 0 Å². The zero-order chi connectivity index (χ0) is 13.9. The van der Waals surface area contributed by atoms with Gasteiger partial charge in [0.15, 0.2) is 0 Å². The zero-order valence-electron chi connectivity index (χ0n) is 10.3. The Labute approximate surface area is 111 Å². The Kier molecular flexibility index (Phi) is 3.70. The van der Waals surface area contributed by atoms with Crippen LogP contribution >= 0.6 is 0 Å². The number of nitrogens with one attached hydrogen (secondary N) is 1. The molecule has 2 heterocycles. The molecule has 102 valence electrons. The van der Waals surface area contributed by atoms with Crippen LogP contribution in [0.4, 0.5) is 0 Å². The van der Waals surface area contributed by atoms with Crippen molar-refractivity contribution in [2.75, 3.05) is 6.54 Å². The third-order valence-corrected chi connectivity index (χ3v) is 3.99. The minimum absolute atomic E-state index is 0.0465. The SMILES string of the molecule is CC(O)(CNS(=O)(=O)c1cccnc1)c1ccco1. The van der Waals surface area contributed by atoms with Crippen LogP contribution in [0.15, 0.2) is 52.2 Å². The lowest BCUT2D eigenvalue weighted by Gasteiger charge is -2.21. The van der Waals surface area contributed by atoms with E-state index in [0.29, 0.717) is 5.76 Å². The molecule has 7 heteroatoms. The third-order valence-electron chi connectivity index (χ3n) is 2.60. The fraction of sp³-hybridized carbons (Fsp3) is 0.250. The number of aliphatic hydroxyl groups is 1. The van der Waals surface area contributed by atoms with Gasteiger partial charge in [0, 0.05) is 18.9 Å². The van der Waals surface area contributed by atoms with Gasteiger partial charge in [-0.1, -0.05) is 0 Å². The normalized spacial score (nSPS) is 15.1. The van der Waals surface area contributed by atoms with Gasteiger partial charge in [-0.2, -0.15) is 0 Å². The fourth-order valence-corrected chi connectivity index (χ4v) is 2.59. The molecule has 2 aromatic rings. The number of aromatic nitrogens is 1. The molecule has 0 amide bonds. The average Bonchev–Trinajstić information content (AvgIpc) is 2.93. The predicted molar refractivity (Wildman–Crippen MR) is 67.7 cm³/mol. The Balaban J connectivity index is 2.11. The van der Waals surface area contributed by atoms with Crippen LogP contribution in [0.2, 0.25) is 0 Å². The second-order valence-corrected chi connectivity index (χ2v) is 6.03. The van der Waals surface area contributed by atoms with Gasteiger partial charge >= 0.3 is 0 Å². The van der Waals surface area contributed by atoms with E-state index in [4.69, 9.17) is 4.42 Å². The maximum absolute atomic E-state index is 12.0. The summed E-state index contributed by atoms with van der Waals surface area (Å²) in [5.41, 5.74) is -1.42. The van der Waals surface area contributed by atoms with Crippen molar-refractivity contribution in [3.05, 3.63) is 48.7 Å². The van der Waals surface area contributed by atoms with Crippen molar-refractivity contribution in [3.63, 3.8) is 0 Å². The van der Waals surface area contributed by atoms with E-state index in [1.165, 1.54) is 37.7 Å². The van der Waals surface area contributed by atoms with E-state index in [1.54, 1.807) is 12.1 Å². The van der Waals surface area contributed by atoms with E-state index in [-0.39, 0.29) is 11.4 Å². The molecule has 6 nitrogen and oxygen atoms in total. The predicted octanol–water partition coefficient (Wildman–Crippen LogP) is 0.861. The molecule has 0 bridgehead atoms. The van der Waals surface area contributed by atoms with Crippen LogP contribution in [0.3, 0.4) is 0 Å². The molecule has 0 aromatic carbocycles. The number of sulfonamides is 1. The van der Waals surface area contributed by atoms with Crippen molar-refractivity contribution in [2.45, 2.75) is 17.4 Å². The summed E-state index contributed by atoms with van der Waals surface area (Å²) in [5.74, 6) is 0.293. The Morgan fingerprint density at radius 1 is 1.42 bits per heavy atom. The first-order valence-electron chi connectivity index (χ1n) is 5.58. The van der Waals surface area contributed by atoms with Crippen LogP contribution in [0.25, 0.3) is 0 Å². The van der Waals surface area contributed by atoms with Gasteiger partial charge in [-0.15, -0.1) is 0 Å². The van der Waals surface area contributed by atoms with Crippen molar-refractivity contribution in [1.29, 1.82) is 0 Å². The van der Waals surface area contributed by atoms with Crippen molar-refractivity contribution >= 4 is 10.0 Å². The molecular formula is C12H14N2O4S. The van der Waals surface area contributed by atoms with Crippen molar-refractivity contribution in [3.8, 4) is 0 Å². The highest BCUT2D eigenvalue weighted by atomic mass is 32.2. The van der Waals surface area contributed by atoms with Gasteiger partial charge in [-0.3, -0.25) is 4.98 Å². The molecule has 0 spiro atoms. The van der Waals surface area contributed by atoms with Gasteiger partial charge in [0.2, 0.25) is 10.0 Å². The van der Waals surface area contributed by atoms with Crippen molar-refractivity contribution < 1.29 is 17.9 Å². The van der Waals surface area contributed by atoms with Crippen LogP contribution in [-0.4, -0.2) is 25.1 Å². The van der Waals surface area contributed by atoms with E-state index >= 15 is 0 Å². The lowest BCUT2D eigenvalue weighted by molar-refractivity contribution is 0.0395. The first kappa shape index (κ1) is 13.7. The maximum atomic E-state index is 12.0. The molecule has 1 atom stereocenters. The molecule has 0 saturated carbocycles. The van der Waals surface area contributed by atoms with Crippen LogP contribution in [0, 0.1) is 0 Å². The Morgan fingerprint density at radius 3 is 2.79 bits per heavy atom. The summed E-state index contributed by atoms with van der Waals surface area (Å²) < 4.78 is 31.3. The molecule has 0 radical (unpaired) electrons. The molecule has 0 aliphatic heterocycles. The summed E-state index contributed by atoms with van der Waals surface area (Å²) in [7, 11) is -3.70. The quantitative estimate of drug-likeness (QED) is 0.848.